The molecule has 1 amide bonds. The first kappa shape index (κ1) is 19.5. The number of carbonyl (C=O) groups is 1. The lowest BCUT2D eigenvalue weighted by Gasteiger charge is -2.35. The molecule has 156 valence electrons. The standard InChI is InChI=1S/C25H25N5O/c1-19-22(16-26-24-23(17-27-30(19)24)21-10-6-3-7-11-21)25(31)29-14-12-28(13-15-29)18-20-8-4-2-5-9-20/h2-11,16-17H,12-15,18H2,1H3. The summed E-state index contributed by atoms with van der Waals surface area (Å²) >= 11 is 0. The smallest absolute Gasteiger partial charge is 0.257 e. The molecule has 5 rings (SSSR count). The largest absolute Gasteiger partial charge is 0.336 e. The van der Waals surface area contributed by atoms with Gasteiger partial charge in [0.1, 0.15) is 0 Å². The first-order valence-electron chi connectivity index (χ1n) is 10.6. The zero-order valence-corrected chi connectivity index (χ0v) is 17.6. The molecule has 0 saturated carbocycles. The Hall–Kier alpha value is -3.51. The predicted molar refractivity (Wildman–Crippen MR) is 121 cm³/mol. The maximum absolute atomic E-state index is 13.2. The molecule has 1 fully saturated rings. The third-order valence-corrected chi connectivity index (χ3v) is 5.99. The van der Waals surface area contributed by atoms with Crippen LogP contribution in [0, 0.1) is 6.92 Å². The van der Waals surface area contributed by atoms with Gasteiger partial charge in [0.25, 0.3) is 5.91 Å². The molecule has 1 saturated heterocycles. The third kappa shape index (κ3) is 3.82. The van der Waals surface area contributed by atoms with Crippen molar-refractivity contribution in [2.75, 3.05) is 26.2 Å². The van der Waals surface area contributed by atoms with Crippen molar-refractivity contribution in [2.24, 2.45) is 0 Å². The second kappa shape index (κ2) is 8.32. The number of piperazine rings is 1. The van der Waals surface area contributed by atoms with Crippen LogP contribution in [0.2, 0.25) is 0 Å². The lowest BCUT2D eigenvalue weighted by molar-refractivity contribution is 0.0626. The lowest BCUT2D eigenvalue weighted by Crippen LogP contribution is -2.48. The summed E-state index contributed by atoms with van der Waals surface area (Å²) in [5.74, 6) is 0.0306. The molecule has 0 radical (unpaired) electrons. The van der Waals surface area contributed by atoms with Crippen LogP contribution >= 0.6 is 0 Å². The second-order valence-electron chi connectivity index (χ2n) is 7.97. The molecule has 4 aromatic rings. The molecule has 2 aromatic heterocycles. The number of carbonyl (C=O) groups excluding carboxylic acids is 1. The highest BCUT2D eigenvalue weighted by molar-refractivity contribution is 5.95. The molecular formula is C25H25N5O. The van der Waals surface area contributed by atoms with Gasteiger partial charge < -0.3 is 4.90 Å². The van der Waals surface area contributed by atoms with E-state index in [1.54, 1.807) is 10.7 Å². The van der Waals surface area contributed by atoms with Gasteiger partial charge in [-0.15, -0.1) is 0 Å². The SMILES string of the molecule is Cc1c(C(=O)N2CCN(Cc3ccccc3)CC2)cnc2c(-c3ccccc3)cnn12. The highest BCUT2D eigenvalue weighted by Gasteiger charge is 2.25. The first-order valence-corrected chi connectivity index (χ1v) is 10.6. The van der Waals surface area contributed by atoms with Crippen molar-refractivity contribution in [3.05, 3.63) is 89.9 Å². The summed E-state index contributed by atoms with van der Waals surface area (Å²) in [5.41, 5.74) is 5.56. The van der Waals surface area contributed by atoms with Crippen LogP contribution in [-0.2, 0) is 6.54 Å². The average Bonchev–Trinajstić information content (AvgIpc) is 3.26. The van der Waals surface area contributed by atoms with E-state index >= 15 is 0 Å². The summed E-state index contributed by atoms with van der Waals surface area (Å²) in [4.78, 5) is 22.2. The molecular weight excluding hydrogens is 386 g/mol. The third-order valence-electron chi connectivity index (χ3n) is 5.99. The normalized spacial score (nSPS) is 14.8. The van der Waals surface area contributed by atoms with E-state index in [0.717, 1.165) is 55.2 Å². The maximum Gasteiger partial charge on any atom is 0.257 e. The van der Waals surface area contributed by atoms with E-state index < -0.39 is 0 Å². The van der Waals surface area contributed by atoms with E-state index in [1.165, 1.54) is 5.56 Å². The van der Waals surface area contributed by atoms with Crippen LogP contribution in [0.4, 0.5) is 0 Å². The monoisotopic (exact) mass is 411 g/mol. The minimum atomic E-state index is 0.0306. The van der Waals surface area contributed by atoms with E-state index in [2.05, 4.69) is 39.2 Å². The van der Waals surface area contributed by atoms with Crippen molar-refractivity contribution in [3.8, 4) is 11.1 Å². The highest BCUT2D eigenvalue weighted by Crippen LogP contribution is 2.24. The van der Waals surface area contributed by atoms with Gasteiger partial charge in [-0.25, -0.2) is 9.50 Å². The molecule has 2 aromatic carbocycles. The van der Waals surface area contributed by atoms with Gasteiger partial charge in [0.15, 0.2) is 5.65 Å². The number of fused-ring (bicyclic) bond motifs is 1. The van der Waals surface area contributed by atoms with Gasteiger partial charge in [-0.05, 0) is 18.1 Å². The van der Waals surface area contributed by atoms with Crippen LogP contribution in [-0.4, -0.2) is 56.5 Å². The molecule has 0 spiro atoms. The van der Waals surface area contributed by atoms with Crippen molar-refractivity contribution >= 4 is 11.6 Å². The fourth-order valence-corrected chi connectivity index (χ4v) is 4.20. The Labute approximate surface area is 181 Å². The molecule has 31 heavy (non-hydrogen) atoms. The predicted octanol–water partition coefficient (Wildman–Crippen LogP) is 3.66. The van der Waals surface area contributed by atoms with Crippen molar-refractivity contribution < 1.29 is 4.79 Å². The fraction of sp³-hybridized carbons (Fsp3) is 0.240. The summed E-state index contributed by atoms with van der Waals surface area (Å²) in [6.45, 7) is 6.04. The minimum absolute atomic E-state index is 0.0306. The minimum Gasteiger partial charge on any atom is -0.336 e. The number of hydrogen-bond acceptors (Lipinski definition) is 4. The Kier molecular flexibility index (Phi) is 5.22. The van der Waals surface area contributed by atoms with Crippen LogP contribution in [0.25, 0.3) is 16.8 Å². The Bertz CT molecular complexity index is 1190. The number of benzene rings is 2. The quantitative estimate of drug-likeness (QED) is 0.514. The molecule has 0 N–H and O–H groups in total. The van der Waals surface area contributed by atoms with E-state index in [4.69, 9.17) is 0 Å². The highest BCUT2D eigenvalue weighted by atomic mass is 16.2. The van der Waals surface area contributed by atoms with Crippen molar-refractivity contribution in [1.82, 2.24) is 24.4 Å². The maximum atomic E-state index is 13.2. The van der Waals surface area contributed by atoms with Gasteiger partial charge in [0.2, 0.25) is 0 Å². The number of nitrogens with zero attached hydrogens (tertiary/aromatic N) is 5. The number of hydrogen-bond donors (Lipinski definition) is 0. The van der Waals surface area contributed by atoms with Gasteiger partial charge in [0.05, 0.1) is 17.5 Å². The van der Waals surface area contributed by atoms with Crippen LogP contribution in [0.3, 0.4) is 0 Å². The first-order chi connectivity index (χ1) is 15.2. The molecule has 0 bridgehead atoms. The van der Waals surface area contributed by atoms with E-state index in [-0.39, 0.29) is 5.91 Å². The van der Waals surface area contributed by atoms with Crippen LogP contribution in [0.5, 0.6) is 0 Å². The fourth-order valence-electron chi connectivity index (χ4n) is 4.20. The topological polar surface area (TPSA) is 53.7 Å². The average molecular weight is 412 g/mol. The Morgan fingerprint density at radius 2 is 1.58 bits per heavy atom. The van der Waals surface area contributed by atoms with Gasteiger partial charge in [-0.3, -0.25) is 9.69 Å². The lowest BCUT2D eigenvalue weighted by atomic mass is 10.1. The Balaban J connectivity index is 1.32. The number of aryl methyl sites for hydroxylation is 1. The van der Waals surface area contributed by atoms with Gasteiger partial charge in [0, 0.05) is 44.5 Å². The number of amides is 1. The summed E-state index contributed by atoms with van der Waals surface area (Å²) in [6.07, 6.45) is 3.53. The second-order valence-corrected chi connectivity index (χ2v) is 7.97. The molecule has 6 heteroatoms. The van der Waals surface area contributed by atoms with Crippen LogP contribution in [0.1, 0.15) is 21.6 Å². The van der Waals surface area contributed by atoms with Gasteiger partial charge in [-0.2, -0.15) is 5.10 Å². The van der Waals surface area contributed by atoms with E-state index in [9.17, 15) is 4.79 Å². The molecule has 0 unspecified atom stereocenters. The summed E-state index contributed by atoms with van der Waals surface area (Å²) < 4.78 is 1.78. The van der Waals surface area contributed by atoms with Crippen molar-refractivity contribution in [3.63, 3.8) is 0 Å². The Morgan fingerprint density at radius 1 is 0.903 bits per heavy atom. The summed E-state index contributed by atoms with van der Waals surface area (Å²) in [6, 6.07) is 20.6. The number of rotatable bonds is 4. The van der Waals surface area contributed by atoms with Crippen LogP contribution < -0.4 is 0 Å². The molecule has 1 aliphatic rings. The van der Waals surface area contributed by atoms with Gasteiger partial charge >= 0.3 is 0 Å². The molecule has 1 aliphatic heterocycles. The summed E-state index contributed by atoms with van der Waals surface area (Å²) in [5, 5.41) is 4.52. The molecule has 6 nitrogen and oxygen atoms in total. The molecule has 3 heterocycles. The summed E-state index contributed by atoms with van der Waals surface area (Å²) in [7, 11) is 0. The van der Waals surface area contributed by atoms with Crippen LogP contribution in [0.15, 0.2) is 73.1 Å². The molecule has 0 aliphatic carbocycles. The van der Waals surface area contributed by atoms with E-state index in [0.29, 0.717) is 5.56 Å². The van der Waals surface area contributed by atoms with Crippen molar-refractivity contribution in [2.45, 2.75) is 13.5 Å². The zero-order chi connectivity index (χ0) is 21.2. The zero-order valence-electron chi connectivity index (χ0n) is 17.6. The Morgan fingerprint density at radius 3 is 2.29 bits per heavy atom. The van der Waals surface area contributed by atoms with Gasteiger partial charge in [-0.1, -0.05) is 60.7 Å². The molecule has 0 atom stereocenters. The van der Waals surface area contributed by atoms with E-state index in [1.807, 2.05) is 54.4 Å². The van der Waals surface area contributed by atoms with Crippen molar-refractivity contribution in [1.29, 1.82) is 0 Å². The number of aromatic nitrogens is 3.